The fourth-order valence-electron chi connectivity index (χ4n) is 4.04. The zero-order valence-electron chi connectivity index (χ0n) is 21.7. The quantitative estimate of drug-likeness (QED) is 0.349. The molecule has 0 aromatic heterocycles. The van der Waals surface area contributed by atoms with Crippen LogP contribution in [0.3, 0.4) is 0 Å². The Morgan fingerprint density at radius 2 is 0.788 bits per heavy atom. The third-order valence-corrected chi connectivity index (χ3v) is 6.46. The van der Waals surface area contributed by atoms with Crippen LogP contribution in [0.25, 0.3) is 0 Å². The Morgan fingerprint density at radius 3 is 1.09 bits per heavy atom. The number of ether oxygens (including phenoxy) is 2. The molecule has 0 aliphatic heterocycles. The Labute approximate surface area is 201 Å². The van der Waals surface area contributed by atoms with E-state index in [9.17, 15) is 0 Å². The Hall–Kier alpha value is -2.74. The van der Waals surface area contributed by atoms with Crippen molar-refractivity contribution in [3.63, 3.8) is 0 Å². The summed E-state index contributed by atoms with van der Waals surface area (Å²) in [6, 6.07) is 26.1. The third kappa shape index (κ3) is 5.99. The lowest BCUT2D eigenvalue weighted by Gasteiger charge is -2.30. The predicted octanol–water partition coefficient (Wildman–Crippen LogP) is 8.16. The summed E-state index contributed by atoms with van der Waals surface area (Å²) >= 11 is 0. The van der Waals surface area contributed by atoms with E-state index in [1.165, 1.54) is 22.3 Å². The number of hydrogen-bond donors (Lipinski definition) is 0. The Kier molecular flexibility index (Phi) is 7.26. The second-order valence-electron chi connectivity index (χ2n) is 11.2. The van der Waals surface area contributed by atoms with Gasteiger partial charge in [0.05, 0.1) is 13.2 Å². The minimum atomic E-state index is -0.0929. The summed E-state index contributed by atoms with van der Waals surface area (Å²) in [6.45, 7) is 19.1. The van der Waals surface area contributed by atoms with Crippen molar-refractivity contribution in [1.82, 2.24) is 0 Å². The van der Waals surface area contributed by atoms with Gasteiger partial charge in [0.2, 0.25) is 0 Å². The summed E-state index contributed by atoms with van der Waals surface area (Å²) < 4.78 is 11.6. The van der Waals surface area contributed by atoms with E-state index in [1.54, 1.807) is 0 Å². The van der Waals surface area contributed by atoms with Gasteiger partial charge in [-0.25, -0.2) is 0 Å². The van der Waals surface area contributed by atoms with Crippen LogP contribution >= 0.6 is 0 Å². The third-order valence-electron chi connectivity index (χ3n) is 6.46. The molecule has 0 saturated carbocycles. The molecule has 0 heterocycles. The van der Waals surface area contributed by atoms with Crippen molar-refractivity contribution in [2.75, 3.05) is 13.2 Å². The topological polar surface area (TPSA) is 18.5 Å². The molecule has 0 fully saturated rings. The zero-order chi connectivity index (χ0) is 24.3. The summed E-state index contributed by atoms with van der Waals surface area (Å²) in [5.74, 6) is 1.85. The monoisotopic (exact) mass is 444 g/mol. The van der Waals surface area contributed by atoms with Crippen LogP contribution in [0.15, 0.2) is 72.8 Å². The standard InChI is InChI=1S/C31H40O2/c1-9-32-27-18-14-25(15-19-27)30(5,6)23-10-12-24(13-11-23)31(7,8)26-16-20-28(21-17-26)33-22-29(2,3)4/h10-21H,9,22H2,1-8H3. The smallest absolute Gasteiger partial charge is 0.119 e. The molecule has 0 radical (unpaired) electrons. The minimum absolute atomic E-state index is 0.0839. The van der Waals surface area contributed by atoms with E-state index in [2.05, 4.69) is 121 Å². The van der Waals surface area contributed by atoms with E-state index < -0.39 is 0 Å². The Balaban J connectivity index is 1.77. The number of benzene rings is 3. The van der Waals surface area contributed by atoms with Gasteiger partial charge in [-0.2, -0.15) is 0 Å². The van der Waals surface area contributed by atoms with Crippen molar-refractivity contribution < 1.29 is 9.47 Å². The Bertz CT molecular complexity index is 1020. The first-order valence-corrected chi connectivity index (χ1v) is 12.0. The molecule has 0 spiro atoms. The SMILES string of the molecule is CCOc1ccc(C(C)(C)c2ccc(C(C)(C)c3ccc(OCC(C)(C)C)cc3)cc2)cc1. The van der Waals surface area contributed by atoms with Crippen molar-refractivity contribution in [1.29, 1.82) is 0 Å². The van der Waals surface area contributed by atoms with Crippen molar-refractivity contribution in [2.45, 2.75) is 66.2 Å². The summed E-state index contributed by atoms with van der Waals surface area (Å²) in [5.41, 5.74) is 5.14. The average Bonchev–Trinajstić information content (AvgIpc) is 2.78. The molecule has 33 heavy (non-hydrogen) atoms. The highest BCUT2D eigenvalue weighted by atomic mass is 16.5. The van der Waals surface area contributed by atoms with Crippen LogP contribution < -0.4 is 9.47 Å². The van der Waals surface area contributed by atoms with Gasteiger partial charge >= 0.3 is 0 Å². The molecular weight excluding hydrogens is 404 g/mol. The average molecular weight is 445 g/mol. The molecular formula is C31H40O2. The highest BCUT2D eigenvalue weighted by molar-refractivity contribution is 5.45. The lowest BCUT2D eigenvalue weighted by atomic mass is 9.74. The second kappa shape index (κ2) is 9.63. The number of hydrogen-bond acceptors (Lipinski definition) is 2. The maximum absolute atomic E-state index is 5.95. The van der Waals surface area contributed by atoms with Crippen molar-refractivity contribution in [3.05, 3.63) is 95.1 Å². The highest BCUT2D eigenvalue weighted by Gasteiger charge is 2.26. The molecule has 176 valence electrons. The molecule has 0 saturated heterocycles. The highest BCUT2D eigenvalue weighted by Crippen LogP contribution is 2.36. The molecule has 0 bridgehead atoms. The Morgan fingerprint density at radius 1 is 0.485 bits per heavy atom. The van der Waals surface area contributed by atoms with Crippen LogP contribution in [-0.2, 0) is 10.8 Å². The van der Waals surface area contributed by atoms with Crippen molar-refractivity contribution in [3.8, 4) is 11.5 Å². The molecule has 0 amide bonds. The lowest BCUT2D eigenvalue weighted by Crippen LogP contribution is -2.21. The van der Waals surface area contributed by atoms with Crippen LogP contribution in [0.4, 0.5) is 0 Å². The van der Waals surface area contributed by atoms with Gasteiger partial charge in [-0.3, -0.25) is 0 Å². The molecule has 2 heteroatoms. The van der Waals surface area contributed by atoms with Gasteiger partial charge in [0.1, 0.15) is 11.5 Å². The summed E-state index contributed by atoms with van der Waals surface area (Å²) in [7, 11) is 0. The first-order chi connectivity index (χ1) is 15.4. The van der Waals surface area contributed by atoms with Gasteiger partial charge in [-0.1, -0.05) is 97.0 Å². The van der Waals surface area contributed by atoms with Crippen LogP contribution in [0.2, 0.25) is 0 Å². The fraction of sp³-hybridized carbons (Fsp3) is 0.419. The molecule has 0 N–H and O–H groups in total. The van der Waals surface area contributed by atoms with E-state index in [4.69, 9.17) is 9.47 Å². The van der Waals surface area contributed by atoms with E-state index in [0.717, 1.165) is 11.5 Å². The first kappa shape index (κ1) is 24.9. The number of rotatable bonds is 8. The van der Waals surface area contributed by atoms with Crippen LogP contribution in [0, 0.1) is 5.41 Å². The zero-order valence-corrected chi connectivity index (χ0v) is 21.7. The maximum Gasteiger partial charge on any atom is 0.119 e. The molecule has 3 aromatic rings. The fourth-order valence-corrected chi connectivity index (χ4v) is 4.04. The normalized spacial score (nSPS) is 12.5. The van der Waals surface area contributed by atoms with E-state index >= 15 is 0 Å². The second-order valence-corrected chi connectivity index (χ2v) is 11.2. The lowest BCUT2D eigenvalue weighted by molar-refractivity contribution is 0.198. The van der Waals surface area contributed by atoms with Crippen molar-refractivity contribution >= 4 is 0 Å². The van der Waals surface area contributed by atoms with Crippen molar-refractivity contribution in [2.24, 2.45) is 5.41 Å². The van der Waals surface area contributed by atoms with E-state index in [-0.39, 0.29) is 16.2 Å². The van der Waals surface area contributed by atoms with E-state index in [1.807, 2.05) is 6.92 Å². The molecule has 2 nitrogen and oxygen atoms in total. The summed E-state index contributed by atoms with van der Waals surface area (Å²) in [6.07, 6.45) is 0. The van der Waals surface area contributed by atoms with Gasteiger partial charge in [0, 0.05) is 10.8 Å². The van der Waals surface area contributed by atoms with Gasteiger partial charge in [-0.05, 0) is 58.9 Å². The van der Waals surface area contributed by atoms with Gasteiger partial charge in [0.25, 0.3) is 0 Å². The summed E-state index contributed by atoms with van der Waals surface area (Å²) in [4.78, 5) is 0. The molecule has 3 aromatic carbocycles. The summed E-state index contributed by atoms with van der Waals surface area (Å²) in [5, 5.41) is 0. The van der Waals surface area contributed by atoms with Crippen LogP contribution in [0.5, 0.6) is 11.5 Å². The van der Waals surface area contributed by atoms with Gasteiger partial charge in [0.15, 0.2) is 0 Å². The van der Waals surface area contributed by atoms with Gasteiger partial charge in [-0.15, -0.1) is 0 Å². The predicted molar refractivity (Wildman–Crippen MR) is 140 cm³/mol. The van der Waals surface area contributed by atoms with Crippen LogP contribution in [-0.4, -0.2) is 13.2 Å². The molecule has 0 unspecified atom stereocenters. The molecule has 0 aliphatic rings. The minimum Gasteiger partial charge on any atom is -0.494 e. The molecule has 0 atom stereocenters. The largest absolute Gasteiger partial charge is 0.494 e. The molecule has 3 rings (SSSR count). The maximum atomic E-state index is 5.95. The molecule has 0 aliphatic carbocycles. The van der Waals surface area contributed by atoms with Crippen LogP contribution in [0.1, 0.15) is 77.6 Å². The van der Waals surface area contributed by atoms with Gasteiger partial charge < -0.3 is 9.47 Å². The first-order valence-electron chi connectivity index (χ1n) is 12.0. The van der Waals surface area contributed by atoms with E-state index in [0.29, 0.717) is 13.2 Å².